The van der Waals surface area contributed by atoms with Crippen LogP contribution in [0.25, 0.3) is 0 Å². The SMILES string of the molecule is N=C(N)SCc1nccn1C(F)F. The van der Waals surface area contributed by atoms with Crippen molar-refractivity contribution in [1.29, 1.82) is 5.41 Å². The molecular weight excluding hydrogens is 198 g/mol. The maximum Gasteiger partial charge on any atom is 0.319 e. The monoisotopic (exact) mass is 206 g/mol. The van der Waals surface area contributed by atoms with Crippen LogP contribution in [0.15, 0.2) is 12.4 Å². The average Bonchev–Trinajstić information content (AvgIpc) is 2.47. The van der Waals surface area contributed by atoms with Gasteiger partial charge in [0.05, 0.1) is 5.75 Å². The third-order valence-corrected chi connectivity index (χ3v) is 2.03. The molecule has 0 atom stereocenters. The van der Waals surface area contributed by atoms with Crippen LogP contribution in [-0.4, -0.2) is 14.7 Å². The van der Waals surface area contributed by atoms with E-state index in [0.29, 0.717) is 0 Å². The van der Waals surface area contributed by atoms with Crippen molar-refractivity contribution >= 4 is 16.9 Å². The molecule has 0 radical (unpaired) electrons. The zero-order chi connectivity index (χ0) is 9.84. The molecule has 0 amide bonds. The summed E-state index contributed by atoms with van der Waals surface area (Å²) in [6.07, 6.45) is 2.49. The van der Waals surface area contributed by atoms with Gasteiger partial charge in [-0.25, -0.2) is 4.98 Å². The summed E-state index contributed by atoms with van der Waals surface area (Å²) in [6, 6.07) is 0. The maximum absolute atomic E-state index is 12.2. The van der Waals surface area contributed by atoms with Gasteiger partial charge >= 0.3 is 6.55 Å². The van der Waals surface area contributed by atoms with Crippen molar-refractivity contribution in [1.82, 2.24) is 9.55 Å². The van der Waals surface area contributed by atoms with Gasteiger partial charge in [0.2, 0.25) is 0 Å². The van der Waals surface area contributed by atoms with E-state index in [-0.39, 0.29) is 16.7 Å². The van der Waals surface area contributed by atoms with E-state index in [9.17, 15) is 8.78 Å². The first-order valence-corrected chi connectivity index (χ1v) is 4.36. The first-order valence-electron chi connectivity index (χ1n) is 3.38. The van der Waals surface area contributed by atoms with E-state index in [2.05, 4.69) is 4.98 Å². The summed E-state index contributed by atoms with van der Waals surface area (Å²) >= 11 is 0.965. The van der Waals surface area contributed by atoms with Crippen LogP contribution < -0.4 is 5.73 Å². The Bertz CT molecular complexity index is 299. The molecule has 0 spiro atoms. The number of hydrogen-bond acceptors (Lipinski definition) is 3. The lowest BCUT2D eigenvalue weighted by molar-refractivity contribution is 0.0678. The molecule has 1 heterocycles. The molecule has 0 aliphatic carbocycles. The minimum Gasteiger partial charge on any atom is -0.379 e. The van der Waals surface area contributed by atoms with E-state index in [4.69, 9.17) is 11.1 Å². The highest BCUT2D eigenvalue weighted by atomic mass is 32.2. The van der Waals surface area contributed by atoms with Crippen molar-refractivity contribution in [3.05, 3.63) is 18.2 Å². The number of rotatable bonds is 3. The predicted octanol–water partition coefficient (Wildman–Crippen LogP) is 1.40. The summed E-state index contributed by atoms with van der Waals surface area (Å²) in [7, 11) is 0. The summed E-state index contributed by atoms with van der Waals surface area (Å²) in [6.45, 7) is -2.59. The summed E-state index contributed by atoms with van der Waals surface area (Å²) < 4.78 is 25.2. The standard InChI is InChI=1S/C6H8F2N4S/c7-5(8)12-2-1-11-4(12)3-13-6(9)10/h1-2,5H,3H2,(H3,9,10). The van der Waals surface area contributed by atoms with Crippen molar-refractivity contribution in [3.63, 3.8) is 0 Å². The van der Waals surface area contributed by atoms with Gasteiger partial charge in [-0.3, -0.25) is 9.98 Å². The topological polar surface area (TPSA) is 67.7 Å². The van der Waals surface area contributed by atoms with Crippen molar-refractivity contribution in [3.8, 4) is 0 Å². The quantitative estimate of drug-likeness (QED) is 0.580. The van der Waals surface area contributed by atoms with Crippen LogP contribution in [0.4, 0.5) is 8.78 Å². The Morgan fingerprint density at radius 1 is 1.77 bits per heavy atom. The van der Waals surface area contributed by atoms with Gasteiger partial charge in [-0.05, 0) is 0 Å². The molecule has 0 aliphatic rings. The van der Waals surface area contributed by atoms with Crippen LogP contribution in [0.3, 0.4) is 0 Å². The number of nitrogens with two attached hydrogens (primary N) is 1. The molecule has 0 fully saturated rings. The summed E-state index contributed by atoms with van der Waals surface area (Å²) in [5.74, 6) is 0.405. The fraction of sp³-hybridized carbons (Fsp3) is 0.333. The second kappa shape index (κ2) is 4.22. The Morgan fingerprint density at radius 3 is 3.00 bits per heavy atom. The minimum absolute atomic E-state index is 0.108. The van der Waals surface area contributed by atoms with Gasteiger partial charge in [0.25, 0.3) is 0 Å². The lowest BCUT2D eigenvalue weighted by Crippen LogP contribution is -2.07. The first kappa shape index (κ1) is 9.97. The smallest absolute Gasteiger partial charge is 0.319 e. The minimum atomic E-state index is -2.59. The number of imidazole rings is 1. The van der Waals surface area contributed by atoms with Gasteiger partial charge in [-0.2, -0.15) is 8.78 Å². The molecule has 0 aromatic carbocycles. The Labute approximate surface area is 77.6 Å². The Balaban J connectivity index is 2.65. The van der Waals surface area contributed by atoms with E-state index in [0.717, 1.165) is 16.3 Å². The van der Waals surface area contributed by atoms with E-state index >= 15 is 0 Å². The zero-order valence-electron chi connectivity index (χ0n) is 6.58. The lowest BCUT2D eigenvalue weighted by atomic mass is 10.7. The molecule has 72 valence electrons. The number of hydrogen-bond donors (Lipinski definition) is 2. The number of amidine groups is 1. The molecule has 13 heavy (non-hydrogen) atoms. The third-order valence-electron chi connectivity index (χ3n) is 1.32. The molecule has 1 aromatic heterocycles. The number of alkyl halides is 2. The molecule has 7 heteroatoms. The Morgan fingerprint density at radius 2 is 2.46 bits per heavy atom. The molecule has 1 aromatic rings. The third kappa shape index (κ3) is 2.69. The zero-order valence-corrected chi connectivity index (χ0v) is 7.39. The first-order chi connectivity index (χ1) is 6.11. The molecule has 1 rings (SSSR count). The van der Waals surface area contributed by atoms with Gasteiger partial charge in [0.1, 0.15) is 5.82 Å². The van der Waals surface area contributed by atoms with Crippen molar-refractivity contribution in [2.45, 2.75) is 12.3 Å². The highest BCUT2D eigenvalue weighted by Crippen LogP contribution is 2.16. The second-order valence-corrected chi connectivity index (χ2v) is 3.20. The maximum atomic E-state index is 12.2. The van der Waals surface area contributed by atoms with Gasteiger partial charge in [0.15, 0.2) is 5.17 Å². The lowest BCUT2D eigenvalue weighted by Gasteiger charge is -2.04. The fourth-order valence-corrected chi connectivity index (χ4v) is 1.28. The van der Waals surface area contributed by atoms with Crippen LogP contribution in [0.1, 0.15) is 12.4 Å². The highest BCUT2D eigenvalue weighted by Gasteiger charge is 2.11. The van der Waals surface area contributed by atoms with Crippen molar-refractivity contribution in [2.24, 2.45) is 5.73 Å². The van der Waals surface area contributed by atoms with Crippen LogP contribution in [-0.2, 0) is 5.75 Å². The number of halogens is 2. The van der Waals surface area contributed by atoms with Crippen LogP contribution in [0, 0.1) is 5.41 Å². The van der Waals surface area contributed by atoms with E-state index in [1.54, 1.807) is 0 Å². The van der Waals surface area contributed by atoms with Crippen LogP contribution >= 0.6 is 11.8 Å². The van der Waals surface area contributed by atoms with Crippen LogP contribution in [0.2, 0.25) is 0 Å². The Kier molecular flexibility index (Phi) is 3.24. The number of aromatic nitrogens is 2. The summed E-state index contributed by atoms with van der Waals surface area (Å²) in [5.41, 5.74) is 5.06. The fourth-order valence-electron chi connectivity index (χ4n) is 0.776. The molecule has 0 saturated carbocycles. The molecule has 0 unspecified atom stereocenters. The summed E-state index contributed by atoms with van der Waals surface area (Å²) in [4.78, 5) is 3.72. The molecule has 0 saturated heterocycles. The second-order valence-electron chi connectivity index (χ2n) is 2.18. The highest BCUT2D eigenvalue weighted by molar-refractivity contribution is 8.12. The number of thioether (sulfide) groups is 1. The van der Waals surface area contributed by atoms with Gasteiger partial charge in [0, 0.05) is 12.4 Å². The van der Waals surface area contributed by atoms with Crippen molar-refractivity contribution in [2.75, 3.05) is 0 Å². The largest absolute Gasteiger partial charge is 0.379 e. The molecule has 4 nitrogen and oxygen atoms in total. The molecule has 3 N–H and O–H groups in total. The summed E-state index contributed by atoms with van der Waals surface area (Å²) in [5, 5.41) is 6.78. The van der Waals surface area contributed by atoms with E-state index in [1.807, 2.05) is 0 Å². The molecule has 0 aliphatic heterocycles. The number of nitrogens with one attached hydrogen (secondary N) is 1. The van der Waals surface area contributed by atoms with Gasteiger partial charge < -0.3 is 5.73 Å². The van der Waals surface area contributed by atoms with Crippen LogP contribution in [0.5, 0.6) is 0 Å². The average molecular weight is 206 g/mol. The predicted molar refractivity (Wildman–Crippen MR) is 46.7 cm³/mol. The van der Waals surface area contributed by atoms with Gasteiger partial charge in [-0.15, -0.1) is 0 Å². The van der Waals surface area contributed by atoms with Crippen molar-refractivity contribution < 1.29 is 8.78 Å². The number of nitrogens with zero attached hydrogens (tertiary/aromatic N) is 2. The Hall–Kier alpha value is -1.11. The van der Waals surface area contributed by atoms with E-state index in [1.165, 1.54) is 12.4 Å². The molecule has 0 bridgehead atoms. The normalized spacial score (nSPS) is 10.7. The molecular formula is C6H8F2N4S. The van der Waals surface area contributed by atoms with Gasteiger partial charge in [-0.1, -0.05) is 11.8 Å². The van der Waals surface area contributed by atoms with E-state index < -0.39 is 6.55 Å².